The van der Waals surface area contributed by atoms with E-state index in [2.05, 4.69) is 12.2 Å². The van der Waals surface area contributed by atoms with Crippen LogP contribution in [0, 0.1) is 6.54 Å². The highest BCUT2D eigenvalue weighted by Crippen LogP contribution is 2.11. The Balaban J connectivity index is 3.04. The van der Waals surface area contributed by atoms with Crippen LogP contribution < -0.4 is 5.32 Å². The Hall–Kier alpha value is -0.530. The molecule has 1 amide bonds. The average Bonchev–Trinajstić information content (AvgIpc) is 2.42. The van der Waals surface area contributed by atoms with E-state index in [9.17, 15) is 4.79 Å². The third kappa shape index (κ3) is 15.4. The molecule has 1 N–H and O–H groups in total. The summed E-state index contributed by atoms with van der Waals surface area (Å²) in [7, 11) is 0. The van der Waals surface area contributed by atoms with Gasteiger partial charge >= 0.3 is 0 Å². The first-order valence-corrected chi connectivity index (χ1v) is 8.42. The Kier molecular flexibility index (Phi) is 15.1. The van der Waals surface area contributed by atoms with Gasteiger partial charge in [0.1, 0.15) is 0 Å². The lowest BCUT2D eigenvalue weighted by atomic mass is 10.1. The molecule has 0 aliphatic heterocycles. The summed E-state index contributed by atoms with van der Waals surface area (Å²) in [5.41, 5.74) is 0. The lowest BCUT2D eigenvalue weighted by Crippen LogP contribution is -2.19. The first-order valence-electron chi connectivity index (χ1n) is 8.42. The van der Waals surface area contributed by atoms with E-state index >= 15 is 0 Å². The van der Waals surface area contributed by atoms with E-state index in [1.165, 1.54) is 64.2 Å². The zero-order valence-electron chi connectivity index (χ0n) is 13.2. The van der Waals surface area contributed by atoms with Crippen LogP contribution in [0.25, 0.3) is 0 Å². The molecule has 0 unspecified atom stereocenters. The summed E-state index contributed by atoms with van der Waals surface area (Å²) in [6, 6.07) is 0. The number of hydrogen-bond donors (Lipinski definition) is 1. The lowest BCUT2D eigenvalue weighted by molar-refractivity contribution is -0.120. The van der Waals surface area contributed by atoms with Crippen molar-refractivity contribution in [3.05, 3.63) is 6.54 Å². The van der Waals surface area contributed by atoms with Gasteiger partial charge in [-0.05, 0) is 12.8 Å². The molecule has 113 valence electrons. The molecule has 0 saturated carbocycles. The van der Waals surface area contributed by atoms with Crippen molar-refractivity contribution in [1.82, 2.24) is 5.32 Å². The Morgan fingerprint density at radius 2 is 1.26 bits per heavy atom. The van der Waals surface area contributed by atoms with Gasteiger partial charge in [0.15, 0.2) is 0 Å². The highest BCUT2D eigenvalue weighted by Gasteiger charge is 1.99. The summed E-state index contributed by atoms with van der Waals surface area (Å²) in [5, 5.41) is 2.80. The molecule has 19 heavy (non-hydrogen) atoms. The van der Waals surface area contributed by atoms with Gasteiger partial charge in [-0.25, -0.2) is 0 Å². The van der Waals surface area contributed by atoms with Crippen molar-refractivity contribution in [2.24, 2.45) is 0 Å². The number of rotatable bonds is 14. The standard InChI is InChI=1S/C17H34NO/c1-3-5-6-7-8-9-10-11-12-13-14-15-17(19)18-16-4-2/h16H,3-15H2,1-2H3,(H,18,19). The maximum Gasteiger partial charge on any atom is 0.220 e. The van der Waals surface area contributed by atoms with Crippen LogP contribution in [0.1, 0.15) is 97.3 Å². The zero-order chi connectivity index (χ0) is 14.2. The van der Waals surface area contributed by atoms with Crippen LogP contribution in [0.2, 0.25) is 0 Å². The summed E-state index contributed by atoms with van der Waals surface area (Å²) < 4.78 is 0. The number of carbonyl (C=O) groups is 1. The molecule has 0 spiro atoms. The largest absolute Gasteiger partial charge is 0.351 e. The van der Waals surface area contributed by atoms with Gasteiger partial charge in [0.05, 0.1) is 0 Å². The molecule has 2 heteroatoms. The third-order valence-electron chi connectivity index (χ3n) is 3.47. The lowest BCUT2D eigenvalue weighted by Gasteiger charge is -2.03. The SMILES string of the molecule is CC[CH]NC(=O)CCCCCCCCCCCCC. The Morgan fingerprint density at radius 3 is 1.74 bits per heavy atom. The molecular formula is C17H34NO. The maximum atomic E-state index is 11.3. The van der Waals surface area contributed by atoms with E-state index < -0.39 is 0 Å². The van der Waals surface area contributed by atoms with Gasteiger partial charge in [-0.2, -0.15) is 0 Å². The van der Waals surface area contributed by atoms with Gasteiger partial charge in [-0.3, -0.25) is 4.79 Å². The van der Waals surface area contributed by atoms with Crippen LogP contribution in [0.3, 0.4) is 0 Å². The van der Waals surface area contributed by atoms with Crippen molar-refractivity contribution in [3.8, 4) is 0 Å². The molecule has 0 atom stereocenters. The van der Waals surface area contributed by atoms with E-state index in [0.29, 0.717) is 6.42 Å². The van der Waals surface area contributed by atoms with Crippen LogP contribution >= 0.6 is 0 Å². The van der Waals surface area contributed by atoms with E-state index in [4.69, 9.17) is 0 Å². The molecule has 0 aliphatic rings. The topological polar surface area (TPSA) is 29.1 Å². The second-order valence-electron chi connectivity index (χ2n) is 5.47. The molecular weight excluding hydrogens is 234 g/mol. The first-order chi connectivity index (χ1) is 9.31. The molecule has 0 saturated heterocycles. The summed E-state index contributed by atoms with van der Waals surface area (Å²) in [6.45, 7) is 6.13. The number of nitrogens with one attached hydrogen (secondary N) is 1. The second-order valence-corrected chi connectivity index (χ2v) is 5.47. The summed E-state index contributed by atoms with van der Waals surface area (Å²) in [4.78, 5) is 11.3. The highest BCUT2D eigenvalue weighted by atomic mass is 16.1. The zero-order valence-corrected chi connectivity index (χ0v) is 13.2. The molecule has 2 nitrogen and oxygen atoms in total. The number of carbonyl (C=O) groups excluding carboxylic acids is 1. The molecule has 1 radical (unpaired) electrons. The summed E-state index contributed by atoms with van der Waals surface area (Å²) >= 11 is 0. The maximum absolute atomic E-state index is 11.3. The molecule has 0 aromatic carbocycles. The van der Waals surface area contributed by atoms with Gasteiger partial charge < -0.3 is 5.32 Å². The molecule has 0 aromatic heterocycles. The van der Waals surface area contributed by atoms with Gasteiger partial charge in [-0.1, -0.05) is 78.1 Å². The van der Waals surface area contributed by atoms with Crippen LogP contribution in [0.5, 0.6) is 0 Å². The van der Waals surface area contributed by atoms with Crippen molar-refractivity contribution < 1.29 is 4.79 Å². The van der Waals surface area contributed by atoms with E-state index in [1.807, 2.05) is 13.5 Å². The molecule has 0 rings (SSSR count). The van der Waals surface area contributed by atoms with E-state index in [-0.39, 0.29) is 5.91 Å². The van der Waals surface area contributed by atoms with Gasteiger partial charge in [0, 0.05) is 13.0 Å². The molecule has 0 heterocycles. The van der Waals surface area contributed by atoms with Crippen LogP contribution in [-0.4, -0.2) is 5.91 Å². The van der Waals surface area contributed by atoms with E-state index in [0.717, 1.165) is 12.8 Å². The average molecular weight is 268 g/mol. The molecule has 0 bridgehead atoms. The monoisotopic (exact) mass is 268 g/mol. The summed E-state index contributed by atoms with van der Waals surface area (Å²) in [6.07, 6.45) is 16.2. The fourth-order valence-corrected chi connectivity index (χ4v) is 2.24. The van der Waals surface area contributed by atoms with Gasteiger partial charge in [0.2, 0.25) is 5.91 Å². The first kappa shape index (κ1) is 18.5. The third-order valence-corrected chi connectivity index (χ3v) is 3.47. The number of amides is 1. The molecule has 0 aromatic rings. The Morgan fingerprint density at radius 1 is 0.789 bits per heavy atom. The normalized spacial score (nSPS) is 10.6. The minimum Gasteiger partial charge on any atom is -0.351 e. The predicted molar refractivity (Wildman–Crippen MR) is 83.8 cm³/mol. The fourth-order valence-electron chi connectivity index (χ4n) is 2.24. The highest BCUT2D eigenvalue weighted by molar-refractivity contribution is 5.76. The predicted octanol–water partition coefficient (Wildman–Crippen LogP) is 5.38. The van der Waals surface area contributed by atoms with Crippen molar-refractivity contribution in [2.45, 2.75) is 97.3 Å². The Bertz CT molecular complexity index is 192. The van der Waals surface area contributed by atoms with Gasteiger partial charge in [0.25, 0.3) is 0 Å². The smallest absolute Gasteiger partial charge is 0.220 e. The summed E-state index contributed by atoms with van der Waals surface area (Å²) in [5.74, 6) is 0.178. The van der Waals surface area contributed by atoms with Crippen LogP contribution in [0.15, 0.2) is 0 Å². The number of hydrogen-bond acceptors (Lipinski definition) is 1. The minimum atomic E-state index is 0.178. The fraction of sp³-hybridized carbons (Fsp3) is 0.882. The van der Waals surface area contributed by atoms with Crippen LogP contribution in [0.4, 0.5) is 0 Å². The molecule has 0 fully saturated rings. The van der Waals surface area contributed by atoms with Gasteiger partial charge in [-0.15, -0.1) is 0 Å². The second kappa shape index (κ2) is 15.5. The Labute approximate surface area is 120 Å². The molecule has 0 aliphatic carbocycles. The van der Waals surface area contributed by atoms with Crippen molar-refractivity contribution in [3.63, 3.8) is 0 Å². The number of unbranched alkanes of at least 4 members (excludes halogenated alkanes) is 10. The minimum absolute atomic E-state index is 0.178. The quantitative estimate of drug-likeness (QED) is 0.421. The van der Waals surface area contributed by atoms with Crippen LogP contribution in [-0.2, 0) is 4.79 Å². The van der Waals surface area contributed by atoms with E-state index in [1.54, 1.807) is 0 Å². The van der Waals surface area contributed by atoms with Crippen molar-refractivity contribution in [2.75, 3.05) is 0 Å². The van der Waals surface area contributed by atoms with Crippen molar-refractivity contribution in [1.29, 1.82) is 0 Å². The van der Waals surface area contributed by atoms with Crippen molar-refractivity contribution >= 4 is 5.91 Å².